The van der Waals surface area contributed by atoms with E-state index in [0.717, 1.165) is 65.3 Å². The molecule has 2 aromatic heterocycles. The molecule has 2 aromatic carbocycles. The Balaban J connectivity index is 1.29. The smallest absolute Gasteiger partial charge is 0.203 e. The van der Waals surface area contributed by atoms with Crippen molar-refractivity contribution in [2.24, 2.45) is 5.92 Å². The number of aryl methyl sites for hydroxylation is 1. The summed E-state index contributed by atoms with van der Waals surface area (Å²) < 4.78 is 0. The molecule has 2 N–H and O–H groups in total. The summed E-state index contributed by atoms with van der Waals surface area (Å²) in [5.41, 5.74) is 6.44. The van der Waals surface area contributed by atoms with Gasteiger partial charge in [0.15, 0.2) is 0 Å². The van der Waals surface area contributed by atoms with Gasteiger partial charge in [-0.15, -0.1) is 0 Å². The van der Waals surface area contributed by atoms with Crippen LogP contribution >= 0.6 is 0 Å². The minimum Gasteiger partial charge on any atom is -0.390 e. The van der Waals surface area contributed by atoms with Crippen LogP contribution in [0.4, 0.5) is 5.95 Å². The van der Waals surface area contributed by atoms with Crippen LogP contribution < -0.4 is 4.90 Å². The van der Waals surface area contributed by atoms with Crippen LogP contribution in [0.5, 0.6) is 0 Å². The quantitative estimate of drug-likeness (QED) is 0.415. The summed E-state index contributed by atoms with van der Waals surface area (Å²) in [5.74, 6) is 7.61. The van der Waals surface area contributed by atoms with Crippen LogP contribution in [0.3, 0.4) is 0 Å². The van der Waals surface area contributed by atoms with E-state index in [2.05, 4.69) is 64.0 Å². The second kappa shape index (κ2) is 8.96. The molecule has 0 unspecified atom stereocenters. The Bertz CT molecular complexity index is 1340. The van der Waals surface area contributed by atoms with E-state index in [4.69, 9.17) is 4.98 Å². The zero-order chi connectivity index (χ0) is 23.7. The Morgan fingerprint density at radius 1 is 0.971 bits per heavy atom. The van der Waals surface area contributed by atoms with Crippen molar-refractivity contribution < 1.29 is 5.11 Å². The van der Waals surface area contributed by atoms with Crippen molar-refractivity contribution in [3.63, 3.8) is 0 Å². The first-order chi connectivity index (χ1) is 16.3. The number of fused-ring (bicyclic) bond motifs is 1. The molecule has 0 amide bonds. The van der Waals surface area contributed by atoms with E-state index in [9.17, 15) is 5.11 Å². The number of H-pyrrole nitrogens is 1. The summed E-state index contributed by atoms with van der Waals surface area (Å²) in [5, 5.41) is 10.3. The maximum atomic E-state index is 10.3. The number of rotatable bonds is 3. The number of nitrogens with one attached hydrogen (secondary N) is 1. The molecule has 34 heavy (non-hydrogen) atoms. The first-order valence-electron chi connectivity index (χ1n) is 11.9. The molecular formula is C29H30N4O. The summed E-state index contributed by atoms with van der Waals surface area (Å²) >= 11 is 0. The Hall–Kier alpha value is -3.62. The maximum Gasteiger partial charge on any atom is 0.203 e. The topological polar surface area (TPSA) is 65.0 Å². The molecule has 1 fully saturated rings. The van der Waals surface area contributed by atoms with Crippen LogP contribution in [0, 0.1) is 24.7 Å². The SMILES string of the molecule is Cc1ccc(-c2ccc(C#Cc3ccc4[nH]c(N5CCC(C(C)(C)O)CC5)nc4c3)nc2)cc1. The molecule has 1 aliphatic rings. The third kappa shape index (κ3) is 4.83. The number of aliphatic hydroxyl groups is 1. The van der Waals surface area contributed by atoms with Crippen molar-refractivity contribution in [2.75, 3.05) is 18.0 Å². The molecule has 0 radical (unpaired) electrons. The lowest BCUT2D eigenvalue weighted by Crippen LogP contribution is -2.42. The number of hydrogen-bond donors (Lipinski definition) is 2. The minimum absolute atomic E-state index is 0.328. The van der Waals surface area contributed by atoms with E-state index in [1.54, 1.807) is 0 Å². The average Bonchev–Trinajstić information content (AvgIpc) is 3.27. The van der Waals surface area contributed by atoms with Crippen LogP contribution in [0.25, 0.3) is 22.2 Å². The molecule has 5 rings (SSSR count). The van der Waals surface area contributed by atoms with E-state index >= 15 is 0 Å². The van der Waals surface area contributed by atoms with E-state index in [0.29, 0.717) is 5.92 Å². The van der Waals surface area contributed by atoms with Gasteiger partial charge in [0, 0.05) is 30.4 Å². The van der Waals surface area contributed by atoms with E-state index < -0.39 is 5.60 Å². The molecule has 5 heteroatoms. The molecule has 0 aliphatic carbocycles. The number of aromatic amines is 1. The van der Waals surface area contributed by atoms with Crippen LogP contribution in [-0.2, 0) is 0 Å². The maximum absolute atomic E-state index is 10.3. The molecule has 0 bridgehead atoms. The third-order valence-corrected chi connectivity index (χ3v) is 6.75. The number of anilines is 1. The Morgan fingerprint density at radius 3 is 2.38 bits per heavy atom. The molecule has 0 atom stereocenters. The first-order valence-corrected chi connectivity index (χ1v) is 11.9. The van der Waals surface area contributed by atoms with Crippen LogP contribution in [0.2, 0.25) is 0 Å². The van der Waals surface area contributed by atoms with Crippen molar-refractivity contribution in [1.82, 2.24) is 15.0 Å². The average molecular weight is 451 g/mol. The summed E-state index contributed by atoms with van der Waals surface area (Å²) in [7, 11) is 0. The van der Waals surface area contributed by atoms with E-state index in [-0.39, 0.29) is 0 Å². The standard InChI is InChI=1S/C29H30N4O/c1-20-4-8-22(9-5-20)23-10-12-25(30-19-23)11-6-21-7-13-26-27(18-21)32-28(31-26)33-16-14-24(15-17-33)29(2,3)34/h4-5,7-10,12-13,18-19,24,34H,14-17H2,1-3H3,(H,31,32). The van der Waals surface area contributed by atoms with E-state index in [1.165, 1.54) is 5.56 Å². The van der Waals surface area contributed by atoms with Gasteiger partial charge in [-0.25, -0.2) is 9.97 Å². The van der Waals surface area contributed by atoms with Gasteiger partial charge in [0.25, 0.3) is 0 Å². The predicted octanol–water partition coefficient (Wildman–Crippen LogP) is 5.32. The first kappa shape index (κ1) is 22.2. The fourth-order valence-corrected chi connectivity index (χ4v) is 4.54. The van der Waals surface area contributed by atoms with Gasteiger partial charge in [0.1, 0.15) is 5.69 Å². The lowest BCUT2D eigenvalue weighted by Gasteiger charge is -2.37. The second-order valence-electron chi connectivity index (χ2n) is 9.76. The number of hydrogen-bond acceptors (Lipinski definition) is 4. The number of piperidine rings is 1. The zero-order valence-corrected chi connectivity index (χ0v) is 20.0. The fourth-order valence-electron chi connectivity index (χ4n) is 4.54. The third-order valence-electron chi connectivity index (χ3n) is 6.75. The van der Waals surface area contributed by atoms with Gasteiger partial charge in [-0.1, -0.05) is 41.8 Å². The molecular weight excluding hydrogens is 420 g/mol. The van der Waals surface area contributed by atoms with Gasteiger partial charge in [0.05, 0.1) is 16.6 Å². The van der Waals surface area contributed by atoms with Crippen LogP contribution in [-0.4, -0.2) is 38.7 Å². The van der Waals surface area contributed by atoms with Crippen molar-refractivity contribution in [2.45, 2.75) is 39.2 Å². The summed E-state index contributed by atoms with van der Waals surface area (Å²) in [4.78, 5) is 15.0. The number of pyridine rings is 1. The molecule has 4 aromatic rings. The van der Waals surface area contributed by atoms with Crippen molar-refractivity contribution in [1.29, 1.82) is 0 Å². The monoisotopic (exact) mass is 450 g/mol. The zero-order valence-electron chi connectivity index (χ0n) is 20.0. The minimum atomic E-state index is -0.622. The summed E-state index contributed by atoms with van der Waals surface area (Å²) in [6, 6.07) is 18.5. The lowest BCUT2D eigenvalue weighted by atomic mass is 9.83. The predicted molar refractivity (Wildman–Crippen MR) is 138 cm³/mol. The number of benzene rings is 2. The fraction of sp³-hybridized carbons (Fsp3) is 0.310. The van der Waals surface area contributed by atoms with Crippen molar-refractivity contribution in [3.05, 3.63) is 77.6 Å². The molecule has 1 saturated heterocycles. The number of nitrogens with zero attached hydrogens (tertiary/aromatic N) is 3. The largest absolute Gasteiger partial charge is 0.390 e. The van der Waals surface area contributed by atoms with Crippen LogP contribution in [0.15, 0.2) is 60.8 Å². The second-order valence-corrected chi connectivity index (χ2v) is 9.76. The highest BCUT2D eigenvalue weighted by Gasteiger charge is 2.31. The normalized spacial score (nSPS) is 14.8. The molecule has 3 heterocycles. The highest BCUT2D eigenvalue weighted by molar-refractivity contribution is 5.79. The van der Waals surface area contributed by atoms with Gasteiger partial charge in [-0.3, -0.25) is 0 Å². The molecule has 172 valence electrons. The summed E-state index contributed by atoms with van der Waals surface area (Å²) in [6.07, 6.45) is 3.80. The van der Waals surface area contributed by atoms with Gasteiger partial charge in [-0.05, 0) is 75.3 Å². The Morgan fingerprint density at radius 2 is 1.71 bits per heavy atom. The Labute approximate surface area is 200 Å². The summed E-state index contributed by atoms with van der Waals surface area (Å²) in [6.45, 7) is 7.69. The van der Waals surface area contributed by atoms with Crippen molar-refractivity contribution in [3.8, 4) is 23.0 Å². The van der Waals surface area contributed by atoms with Gasteiger partial charge < -0.3 is 15.0 Å². The molecule has 5 nitrogen and oxygen atoms in total. The van der Waals surface area contributed by atoms with Gasteiger partial charge >= 0.3 is 0 Å². The van der Waals surface area contributed by atoms with E-state index in [1.807, 2.05) is 44.3 Å². The molecule has 0 spiro atoms. The van der Waals surface area contributed by atoms with Gasteiger partial charge in [0.2, 0.25) is 5.95 Å². The van der Waals surface area contributed by atoms with Crippen molar-refractivity contribution >= 4 is 17.0 Å². The lowest BCUT2D eigenvalue weighted by molar-refractivity contribution is 0.00641. The van der Waals surface area contributed by atoms with Gasteiger partial charge in [-0.2, -0.15) is 0 Å². The highest BCUT2D eigenvalue weighted by atomic mass is 16.3. The Kier molecular flexibility index (Phi) is 5.85. The molecule has 1 aliphatic heterocycles. The highest BCUT2D eigenvalue weighted by Crippen LogP contribution is 2.30. The number of imidazole rings is 1. The van der Waals surface area contributed by atoms with Crippen LogP contribution in [0.1, 0.15) is 43.5 Å². The molecule has 0 saturated carbocycles. The number of aromatic nitrogens is 3.